The van der Waals surface area contributed by atoms with Crippen LogP contribution < -0.4 is 0 Å². The minimum absolute atomic E-state index is 0.510. The zero-order valence-corrected chi connectivity index (χ0v) is 11.1. The summed E-state index contributed by atoms with van der Waals surface area (Å²) in [5.74, 6) is 0.770. The number of halogens is 2. The predicted octanol–water partition coefficient (Wildman–Crippen LogP) is 3.46. The molecule has 6 heteroatoms. The van der Waals surface area contributed by atoms with E-state index in [2.05, 4.69) is 5.10 Å². The molecule has 0 aliphatic rings. The zero-order valence-electron chi connectivity index (χ0n) is 8.74. The van der Waals surface area contributed by atoms with Crippen molar-refractivity contribution in [2.45, 2.75) is 0 Å². The number of benzene rings is 1. The molecule has 0 saturated heterocycles. The predicted molar refractivity (Wildman–Crippen MR) is 68.5 cm³/mol. The number of rotatable bonds is 1. The fraction of sp³-hybridized carbons (Fsp3) is 0.200. The maximum Gasteiger partial charge on any atom is 0.197 e. The van der Waals surface area contributed by atoms with E-state index in [1.54, 1.807) is 16.8 Å². The lowest BCUT2D eigenvalue weighted by atomic mass is 10.2. The summed E-state index contributed by atoms with van der Waals surface area (Å²) < 4.78 is 4.13. The minimum atomic E-state index is 0.510. The standard InChI is InChI=1S/C10H9Cl2N3S/c1-14-9(13-15(2)10(14)16)6-3-4-7(11)8(12)5-6/h3-5H,1-2H3. The van der Waals surface area contributed by atoms with Crippen LogP contribution in [0.3, 0.4) is 0 Å². The van der Waals surface area contributed by atoms with Gasteiger partial charge in [0, 0.05) is 19.7 Å². The molecule has 0 unspecified atom stereocenters. The molecule has 0 amide bonds. The Kier molecular flexibility index (Phi) is 3.06. The van der Waals surface area contributed by atoms with E-state index in [0.717, 1.165) is 11.4 Å². The van der Waals surface area contributed by atoms with Crippen LogP contribution in [-0.2, 0) is 14.1 Å². The molecule has 0 spiro atoms. The first kappa shape index (κ1) is 11.6. The topological polar surface area (TPSA) is 22.8 Å². The lowest BCUT2D eigenvalue weighted by Gasteiger charge is -2.01. The fourth-order valence-corrected chi connectivity index (χ4v) is 1.87. The van der Waals surface area contributed by atoms with Gasteiger partial charge in [-0.1, -0.05) is 23.2 Å². The van der Waals surface area contributed by atoms with Gasteiger partial charge < -0.3 is 4.57 Å². The van der Waals surface area contributed by atoms with Crippen LogP contribution in [-0.4, -0.2) is 14.3 Å². The van der Waals surface area contributed by atoms with Gasteiger partial charge in [0.2, 0.25) is 0 Å². The van der Waals surface area contributed by atoms with Crippen LogP contribution in [0.15, 0.2) is 18.2 Å². The fourth-order valence-electron chi connectivity index (χ4n) is 1.45. The molecule has 0 aliphatic heterocycles. The molecule has 84 valence electrons. The summed E-state index contributed by atoms with van der Waals surface area (Å²) in [7, 11) is 3.68. The summed E-state index contributed by atoms with van der Waals surface area (Å²) in [6.45, 7) is 0. The molecule has 0 saturated carbocycles. The molecule has 16 heavy (non-hydrogen) atoms. The van der Waals surface area contributed by atoms with E-state index in [0.29, 0.717) is 14.8 Å². The van der Waals surface area contributed by atoms with Crippen molar-refractivity contribution < 1.29 is 0 Å². The van der Waals surface area contributed by atoms with Crippen LogP contribution in [0.4, 0.5) is 0 Å². The summed E-state index contributed by atoms with van der Waals surface area (Å²) in [4.78, 5) is 0. The van der Waals surface area contributed by atoms with Gasteiger partial charge >= 0.3 is 0 Å². The molecule has 0 fully saturated rings. The van der Waals surface area contributed by atoms with Crippen molar-refractivity contribution >= 4 is 35.4 Å². The van der Waals surface area contributed by atoms with Gasteiger partial charge in [0.05, 0.1) is 10.0 Å². The van der Waals surface area contributed by atoms with E-state index < -0.39 is 0 Å². The summed E-state index contributed by atoms with van der Waals surface area (Å²) in [5.41, 5.74) is 0.892. The second kappa shape index (κ2) is 4.20. The number of hydrogen-bond donors (Lipinski definition) is 0. The SMILES string of the molecule is Cn1nc(-c2ccc(Cl)c(Cl)c2)n(C)c1=S. The van der Waals surface area contributed by atoms with Crippen LogP contribution in [0.25, 0.3) is 11.4 Å². The van der Waals surface area contributed by atoms with Crippen molar-refractivity contribution in [1.29, 1.82) is 0 Å². The Hall–Kier alpha value is -0.840. The summed E-state index contributed by atoms with van der Waals surface area (Å²) >= 11 is 17.0. The molecule has 1 heterocycles. The first-order chi connectivity index (χ1) is 7.50. The second-order valence-corrected chi connectivity index (χ2v) is 4.60. The van der Waals surface area contributed by atoms with Crippen molar-refractivity contribution in [3.05, 3.63) is 33.0 Å². The summed E-state index contributed by atoms with van der Waals surface area (Å²) in [6, 6.07) is 5.39. The smallest absolute Gasteiger partial charge is 0.197 e. The summed E-state index contributed by atoms with van der Waals surface area (Å²) in [5, 5.41) is 5.36. The van der Waals surface area contributed by atoms with Gasteiger partial charge in [0.15, 0.2) is 10.6 Å². The second-order valence-electron chi connectivity index (χ2n) is 3.42. The Morgan fingerprint density at radius 3 is 2.38 bits per heavy atom. The van der Waals surface area contributed by atoms with Crippen LogP contribution >= 0.6 is 35.4 Å². The third kappa shape index (κ3) is 1.88. The van der Waals surface area contributed by atoms with Crippen molar-refractivity contribution in [3.63, 3.8) is 0 Å². The number of hydrogen-bond acceptors (Lipinski definition) is 2. The number of nitrogens with zero attached hydrogens (tertiary/aromatic N) is 3. The van der Waals surface area contributed by atoms with Crippen LogP contribution in [0.5, 0.6) is 0 Å². The summed E-state index contributed by atoms with van der Waals surface area (Å²) in [6.07, 6.45) is 0. The van der Waals surface area contributed by atoms with E-state index in [1.807, 2.05) is 24.7 Å². The van der Waals surface area contributed by atoms with E-state index in [9.17, 15) is 0 Å². The highest BCUT2D eigenvalue weighted by Gasteiger charge is 2.09. The molecule has 1 aromatic carbocycles. The molecule has 0 aliphatic carbocycles. The van der Waals surface area contributed by atoms with Crippen molar-refractivity contribution in [2.75, 3.05) is 0 Å². The molecule has 2 aromatic rings. The number of aromatic nitrogens is 3. The highest BCUT2D eigenvalue weighted by molar-refractivity contribution is 7.71. The lowest BCUT2D eigenvalue weighted by Crippen LogP contribution is -1.92. The normalized spacial score (nSPS) is 10.8. The highest BCUT2D eigenvalue weighted by atomic mass is 35.5. The van der Waals surface area contributed by atoms with Crippen molar-refractivity contribution in [2.24, 2.45) is 14.1 Å². The lowest BCUT2D eigenvalue weighted by molar-refractivity contribution is 0.741. The zero-order chi connectivity index (χ0) is 11.9. The Morgan fingerprint density at radius 2 is 1.88 bits per heavy atom. The van der Waals surface area contributed by atoms with E-state index in [-0.39, 0.29) is 0 Å². The quantitative estimate of drug-likeness (QED) is 0.743. The minimum Gasteiger partial charge on any atom is -0.303 e. The molecular weight excluding hydrogens is 265 g/mol. The highest BCUT2D eigenvalue weighted by Crippen LogP contribution is 2.27. The van der Waals surface area contributed by atoms with E-state index in [1.165, 1.54) is 0 Å². The Balaban J connectivity index is 2.63. The average Bonchev–Trinajstić information content (AvgIpc) is 2.50. The third-order valence-corrected chi connectivity index (χ3v) is 3.58. The maximum absolute atomic E-state index is 5.96. The monoisotopic (exact) mass is 273 g/mol. The van der Waals surface area contributed by atoms with Crippen LogP contribution in [0.2, 0.25) is 10.0 Å². The molecule has 2 rings (SSSR count). The third-order valence-electron chi connectivity index (χ3n) is 2.30. The van der Waals surface area contributed by atoms with E-state index >= 15 is 0 Å². The Labute approximate surface area is 108 Å². The van der Waals surface area contributed by atoms with Crippen molar-refractivity contribution in [1.82, 2.24) is 14.3 Å². The molecule has 0 N–H and O–H groups in total. The average molecular weight is 274 g/mol. The molecular formula is C10H9Cl2N3S. The van der Waals surface area contributed by atoms with Crippen molar-refractivity contribution in [3.8, 4) is 11.4 Å². The first-order valence-corrected chi connectivity index (χ1v) is 5.72. The van der Waals surface area contributed by atoms with Gasteiger partial charge in [-0.2, -0.15) is 5.10 Å². The Morgan fingerprint density at radius 1 is 1.19 bits per heavy atom. The van der Waals surface area contributed by atoms with E-state index in [4.69, 9.17) is 35.4 Å². The molecule has 3 nitrogen and oxygen atoms in total. The van der Waals surface area contributed by atoms with Crippen LogP contribution in [0, 0.1) is 4.77 Å². The molecule has 0 radical (unpaired) electrons. The maximum atomic E-state index is 5.96. The van der Waals surface area contributed by atoms with Crippen LogP contribution in [0.1, 0.15) is 0 Å². The van der Waals surface area contributed by atoms with Gasteiger partial charge in [0.25, 0.3) is 0 Å². The van der Waals surface area contributed by atoms with Gasteiger partial charge in [0.1, 0.15) is 0 Å². The molecule has 0 bridgehead atoms. The van der Waals surface area contributed by atoms with Gasteiger partial charge in [-0.05, 0) is 30.4 Å². The van der Waals surface area contributed by atoms with Gasteiger partial charge in [-0.25, -0.2) is 4.68 Å². The Bertz CT molecular complexity index is 601. The molecule has 1 aromatic heterocycles. The largest absolute Gasteiger partial charge is 0.303 e. The molecule has 0 atom stereocenters. The van der Waals surface area contributed by atoms with Gasteiger partial charge in [-0.3, -0.25) is 0 Å². The van der Waals surface area contributed by atoms with Gasteiger partial charge in [-0.15, -0.1) is 0 Å². The number of aryl methyl sites for hydroxylation is 1. The first-order valence-electron chi connectivity index (χ1n) is 4.56.